The van der Waals surface area contributed by atoms with Gasteiger partial charge < -0.3 is 14.8 Å². The molecular weight excluding hydrogens is 247 g/mol. The van der Waals surface area contributed by atoms with Crippen molar-refractivity contribution in [1.29, 1.82) is 0 Å². The highest BCUT2D eigenvalue weighted by molar-refractivity contribution is 5.56. The highest BCUT2D eigenvalue weighted by Gasteiger charge is 2.29. The highest BCUT2D eigenvalue weighted by atomic mass is 19.4. The van der Waals surface area contributed by atoms with E-state index in [4.69, 9.17) is 9.47 Å². The Morgan fingerprint density at radius 1 is 1.33 bits per heavy atom. The van der Waals surface area contributed by atoms with Crippen molar-refractivity contribution in [2.75, 3.05) is 25.1 Å². The van der Waals surface area contributed by atoms with Gasteiger partial charge in [0, 0.05) is 6.61 Å². The van der Waals surface area contributed by atoms with Crippen molar-refractivity contribution in [3.8, 4) is 5.75 Å². The summed E-state index contributed by atoms with van der Waals surface area (Å²) in [7, 11) is 0. The molecule has 1 saturated heterocycles. The maximum atomic E-state index is 12.1. The summed E-state index contributed by atoms with van der Waals surface area (Å²) in [4.78, 5) is 0. The van der Waals surface area contributed by atoms with E-state index in [1.54, 1.807) is 18.2 Å². The summed E-state index contributed by atoms with van der Waals surface area (Å²) in [6.45, 7) is -0.0519. The van der Waals surface area contributed by atoms with Gasteiger partial charge in [0.2, 0.25) is 0 Å². The normalized spacial score (nSPS) is 19.8. The number of halogens is 3. The Kier molecular flexibility index (Phi) is 3.96. The van der Waals surface area contributed by atoms with Crippen LogP contribution in [0.15, 0.2) is 24.3 Å². The van der Waals surface area contributed by atoms with Crippen LogP contribution < -0.4 is 10.1 Å². The van der Waals surface area contributed by atoms with Gasteiger partial charge in [-0.2, -0.15) is 13.2 Å². The van der Waals surface area contributed by atoms with Gasteiger partial charge in [0.1, 0.15) is 5.75 Å². The zero-order valence-corrected chi connectivity index (χ0v) is 9.67. The Morgan fingerprint density at radius 3 is 2.78 bits per heavy atom. The van der Waals surface area contributed by atoms with E-state index in [1.807, 2.05) is 0 Å². The molecule has 0 amide bonds. The zero-order valence-electron chi connectivity index (χ0n) is 9.67. The molecule has 0 radical (unpaired) electrons. The van der Waals surface area contributed by atoms with Crippen LogP contribution in [0.4, 0.5) is 18.9 Å². The largest absolute Gasteiger partial charge is 0.482 e. The quantitative estimate of drug-likeness (QED) is 0.904. The molecule has 1 atom stereocenters. The van der Waals surface area contributed by atoms with E-state index in [0.29, 0.717) is 18.9 Å². The van der Waals surface area contributed by atoms with E-state index in [2.05, 4.69) is 5.32 Å². The van der Waals surface area contributed by atoms with E-state index >= 15 is 0 Å². The topological polar surface area (TPSA) is 30.5 Å². The molecule has 1 aliphatic rings. The number of rotatable bonds is 4. The summed E-state index contributed by atoms with van der Waals surface area (Å²) in [5.41, 5.74) is 0.567. The first kappa shape index (κ1) is 13.0. The number of anilines is 1. The summed E-state index contributed by atoms with van der Waals surface area (Å²) >= 11 is 0. The van der Waals surface area contributed by atoms with Gasteiger partial charge >= 0.3 is 6.18 Å². The van der Waals surface area contributed by atoms with Crippen LogP contribution in [-0.2, 0) is 4.74 Å². The molecule has 1 fully saturated rings. The van der Waals surface area contributed by atoms with Gasteiger partial charge in [-0.25, -0.2) is 0 Å². The number of hydrogen-bond acceptors (Lipinski definition) is 3. The third-order valence-corrected chi connectivity index (χ3v) is 2.57. The predicted octanol–water partition coefficient (Wildman–Crippen LogP) is 2.83. The van der Waals surface area contributed by atoms with E-state index in [9.17, 15) is 13.2 Å². The Labute approximate surface area is 103 Å². The monoisotopic (exact) mass is 261 g/mol. The number of ether oxygens (including phenoxy) is 2. The average Bonchev–Trinajstić information content (AvgIpc) is 2.80. The molecule has 3 nitrogen and oxygen atoms in total. The van der Waals surface area contributed by atoms with Gasteiger partial charge in [0.15, 0.2) is 6.61 Å². The summed E-state index contributed by atoms with van der Waals surface area (Å²) < 4.78 is 46.3. The van der Waals surface area contributed by atoms with Crippen LogP contribution in [0.1, 0.15) is 6.42 Å². The van der Waals surface area contributed by atoms with E-state index in [0.717, 1.165) is 6.42 Å². The highest BCUT2D eigenvalue weighted by Crippen LogP contribution is 2.27. The van der Waals surface area contributed by atoms with Crippen LogP contribution >= 0.6 is 0 Å². The van der Waals surface area contributed by atoms with E-state index in [-0.39, 0.29) is 11.8 Å². The molecule has 0 saturated carbocycles. The molecule has 0 aliphatic carbocycles. The molecule has 18 heavy (non-hydrogen) atoms. The van der Waals surface area contributed by atoms with E-state index < -0.39 is 12.8 Å². The van der Waals surface area contributed by atoms with Gasteiger partial charge in [-0.3, -0.25) is 0 Å². The summed E-state index contributed by atoms with van der Waals surface area (Å²) in [6, 6.07) is 6.73. The lowest BCUT2D eigenvalue weighted by Crippen LogP contribution is -2.22. The molecule has 1 aromatic rings. The molecular formula is C12H14F3NO2. The van der Waals surface area contributed by atoms with Gasteiger partial charge in [-0.15, -0.1) is 0 Å². The number of nitrogens with one attached hydrogen (secondary N) is 1. The molecule has 1 heterocycles. The number of hydrogen-bond donors (Lipinski definition) is 1. The second kappa shape index (κ2) is 5.48. The second-order valence-electron chi connectivity index (χ2n) is 4.10. The molecule has 6 heteroatoms. The fourth-order valence-corrected chi connectivity index (χ4v) is 1.74. The molecule has 1 N–H and O–H groups in total. The van der Waals surface area contributed by atoms with Crippen molar-refractivity contribution >= 4 is 5.69 Å². The van der Waals surface area contributed by atoms with E-state index in [1.165, 1.54) is 6.07 Å². The fourth-order valence-electron chi connectivity index (χ4n) is 1.74. The number of para-hydroxylation sites is 2. The minimum absolute atomic E-state index is 0.126. The third-order valence-electron chi connectivity index (χ3n) is 2.57. The Morgan fingerprint density at radius 2 is 2.11 bits per heavy atom. The maximum absolute atomic E-state index is 12.1. The molecule has 0 aromatic heterocycles. The lowest BCUT2D eigenvalue weighted by atomic mass is 10.2. The van der Waals surface area contributed by atoms with Gasteiger partial charge in [-0.05, 0) is 18.6 Å². The molecule has 1 unspecified atom stereocenters. The summed E-state index contributed by atoms with van der Waals surface area (Å²) in [5.74, 6) is 0.210. The zero-order chi connectivity index (χ0) is 13.0. The predicted molar refractivity (Wildman–Crippen MR) is 60.8 cm³/mol. The Bertz CT molecular complexity index is 389. The van der Waals surface area contributed by atoms with Crippen molar-refractivity contribution in [2.24, 2.45) is 0 Å². The Hall–Kier alpha value is -1.43. The first-order valence-electron chi connectivity index (χ1n) is 5.67. The number of alkyl halides is 3. The SMILES string of the molecule is FC(F)(F)COc1ccccc1NC1CCOC1. The fraction of sp³-hybridized carbons (Fsp3) is 0.500. The van der Waals surface area contributed by atoms with Crippen molar-refractivity contribution < 1.29 is 22.6 Å². The molecule has 2 rings (SSSR count). The molecule has 0 bridgehead atoms. The molecule has 1 aliphatic heterocycles. The van der Waals surface area contributed by atoms with Gasteiger partial charge in [0.25, 0.3) is 0 Å². The summed E-state index contributed by atoms with van der Waals surface area (Å²) in [6.07, 6.45) is -3.49. The van der Waals surface area contributed by atoms with Crippen molar-refractivity contribution in [2.45, 2.75) is 18.6 Å². The Balaban J connectivity index is 2.00. The van der Waals surface area contributed by atoms with Gasteiger partial charge in [-0.1, -0.05) is 12.1 Å². The average molecular weight is 261 g/mol. The van der Waals surface area contributed by atoms with Crippen LogP contribution in [0, 0.1) is 0 Å². The van der Waals surface area contributed by atoms with Crippen LogP contribution in [0.3, 0.4) is 0 Å². The van der Waals surface area contributed by atoms with Gasteiger partial charge in [0.05, 0.1) is 18.3 Å². The second-order valence-corrected chi connectivity index (χ2v) is 4.10. The molecule has 100 valence electrons. The molecule has 1 aromatic carbocycles. The van der Waals surface area contributed by atoms with Crippen LogP contribution in [0.5, 0.6) is 5.75 Å². The van der Waals surface area contributed by atoms with Crippen molar-refractivity contribution in [3.05, 3.63) is 24.3 Å². The minimum atomic E-state index is -4.33. The standard InChI is InChI=1S/C12H14F3NO2/c13-12(14,15)8-18-11-4-2-1-3-10(11)16-9-5-6-17-7-9/h1-4,9,16H,5-8H2. The molecule has 0 spiro atoms. The van der Waals surface area contributed by atoms with Crippen LogP contribution in [0.25, 0.3) is 0 Å². The van der Waals surface area contributed by atoms with Crippen LogP contribution in [0.2, 0.25) is 0 Å². The smallest absolute Gasteiger partial charge is 0.422 e. The first-order valence-corrected chi connectivity index (χ1v) is 5.67. The lowest BCUT2D eigenvalue weighted by Gasteiger charge is -2.17. The third kappa shape index (κ3) is 3.80. The minimum Gasteiger partial charge on any atom is -0.482 e. The number of benzene rings is 1. The van der Waals surface area contributed by atoms with Crippen molar-refractivity contribution in [3.63, 3.8) is 0 Å². The van der Waals surface area contributed by atoms with Crippen molar-refractivity contribution in [1.82, 2.24) is 0 Å². The summed E-state index contributed by atoms with van der Waals surface area (Å²) in [5, 5.41) is 3.13. The maximum Gasteiger partial charge on any atom is 0.422 e. The lowest BCUT2D eigenvalue weighted by molar-refractivity contribution is -0.153. The first-order chi connectivity index (χ1) is 8.54. The van der Waals surface area contributed by atoms with Crippen LogP contribution in [-0.4, -0.2) is 32.0 Å².